The van der Waals surface area contributed by atoms with Gasteiger partial charge in [0, 0.05) is 0 Å². The predicted molar refractivity (Wildman–Crippen MR) is 62.6 cm³/mol. The summed E-state index contributed by atoms with van der Waals surface area (Å²) in [4.78, 5) is 0. The molecule has 90 valence electrons. The Labute approximate surface area is 97.3 Å². The van der Waals surface area contributed by atoms with Gasteiger partial charge in [0.25, 0.3) is 0 Å². The zero-order valence-electron chi connectivity index (χ0n) is 10.5. The first kappa shape index (κ1) is 12.1. The van der Waals surface area contributed by atoms with E-state index in [9.17, 15) is 4.39 Å². The van der Waals surface area contributed by atoms with E-state index < -0.39 is 18.3 Å². The predicted octanol–water partition coefficient (Wildman–Crippen LogP) is 3.27. The summed E-state index contributed by atoms with van der Waals surface area (Å²) in [5.74, 6) is 0.388. The molecule has 0 aromatic rings. The maximum absolute atomic E-state index is 13.9. The van der Waals surface area contributed by atoms with E-state index in [-0.39, 0.29) is 5.73 Å². The molecular formula is C12H20BFO2. The molecule has 1 aliphatic heterocycles. The molecule has 0 bridgehead atoms. The van der Waals surface area contributed by atoms with Gasteiger partial charge in [-0.2, -0.15) is 0 Å². The molecule has 0 aromatic heterocycles. The second-order valence-electron chi connectivity index (χ2n) is 5.83. The fourth-order valence-corrected chi connectivity index (χ4v) is 1.87. The molecule has 1 saturated heterocycles. The van der Waals surface area contributed by atoms with E-state index in [1.54, 1.807) is 6.08 Å². The van der Waals surface area contributed by atoms with E-state index in [0.29, 0.717) is 5.92 Å². The summed E-state index contributed by atoms with van der Waals surface area (Å²) in [7, 11) is -0.814. The fourth-order valence-electron chi connectivity index (χ4n) is 1.87. The molecule has 16 heavy (non-hydrogen) atoms. The summed E-state index contributed by atoms with van der Waals surface area (Å²) in [5.41, 5.74) is -1.17. The smallest absolute Gasteiger partial charge is 0.398 e. The Hall–Kier alpha value is -0.345. The van der Waals surface area contributed by atoms with E-state index in [1.165, 1.54) is 6.42 Å². The van der Waals surface area contributed by atoms with Crippen molar-refractivity contribution >= 4 is 7.12 Å². The van der Waals surface area contributed by atoms with Crippen molar-refractivity contribution < 1.29 is 13.7 Å². The minimum Gasteiger partial charge on any atom is -0.398 e. The lowest BCUT2D eigenvalue weighted by Gasteiger charge is -2.32. The molecule has 0 aromatic carbocycles. The van der Waals surface area contributed by atoms with Crippen LogP contribution in [0, 0.1) is 5.92 Å². The summed E-state index contributed by atoms with van der Waals surface area (Å²) < 4.78 is 25.1. The molecule has 1 heterocycles. The Morgan fingerprint density at radius 1 is 1.19 bits per heavy atom. The molecule has 2 fully saturated rings. The molecule has 0 N–H and O–H groups in total. The Morgan fingerprint density at radius 3 is 2.06 bits per heavy atom. The molecule has 1 saturated carbocycles. The van der Waals surface area contributed by atoms with Crippen LogP contribution < -0.4 is 0 Å². The van der Waals surface area contributed by atoms with Gasteiger partial charge in [0.15, 0.2) is 0 Å². The van der Waals surface area contributed by atoms with Crippen molar-refractivity contribution in [1.82, 2.24) is 0 Å². The third-order valence-corrected chi connectivity index (χ3v) is 4.02. The highest BCUT2D eigenvalue weighted by Gasteiger charge is 2.53. The van der Waals surface area contributed by atoms with Crippen LogP contribution in [0.2, 0.25) is 0 Å². The minimum atomic E-state index is -0.814. The first-order valence-electron chi connectivity index (χ1n) is 6.05. The number of halogens is 1. The zero-order chi connectivity index (χ0) is 12.0. The first-order chi connectivity index (χ1) is 7.32. The maximum atomic E-state index is 13.9. The van der Waals surface area contributed by atoms with Crippen molar-refractivity contribution in [1.29, 1.82) is 0 Å². The molecule has 0 unspecified atom stereocenters. The largest absolute Gasteiger partial charge is 0.524 e. The van der Waals surface area contributed by atoms with Gasteiger partial charge in [0.05, 0.1) is 11.2 Å². The summed E-state index contributed by atoms with van der Waals surface area (Å²) in [6.07, 6.45) is 5.06. The van der Waals surface area contributed by atoms with Crippen molar-refractivity contribution in [2.24, 2.45) is 5.92 Å². The zero-order valence-corrected chi connectivity index (χ0v) is 10.5. The van der Waals surface area contributed by atoms with Gasteiger partial charge in [-0.25, -0.2) is 4.39 Å². The molecule has 2 nitrogen and oxygen atoms in total. The first-order valence-corrected chi connectivity index (χ1v) is 6.05. The van der Waals surface area contributed by atoms with Gasteiger partial charge < -0.3 is 9.31 Å². The van der Waals surface area contributed by atoms with E-state index >= 15 is 0 Å². The van der Waals surface area contributed by atoms with Crippen molar-refractivity contribution in [3.05, 3.63) is 11.8 Å². The highest BCUT2D eigenvalue weighted by molar-refractivity contribution is 6.53. The van der Waals surface area contributed by atoms with Gasteiger partial charge in [-0.15, -0.1) is 0 Å². The van der Waals surface area contributed by atoms with Gasteiger partial charge in [-0.1, -0.05) is 12.5 Å². The summed E-state index contributed by atoms with van der Waals surface area (Å²) >= 11 is 0. The van der Waals surface area contributed by atoms with Crippen molar-refractivity contribution in [2.45, 2.75) is 58.2 Å². The van der Waals surface area contributed by atoms with Gasteiger partial charge in [0.2, 0.25) is 0 Å². The third-order valence-electron chi connectivity index (χ3n) is 4.02. The van der Waals surface area contributed by atoms with Gasteiger partial charge >= 0.3 is 7.12 Å². The van der Waals surface area contributed by atoms with Crippen molar-refractivity contribution in [2.75, 3.05) is 0 Å². The monoisotopic (exact) mass is 226 g/mol. The van der Waals surface area contributed by atoms with Crippen LogP contribution in [-0.4, -0.2) is 18.3 Å². The Kier molecular flexibility index (Phi) is 2.91. The van der Waals surface area contributed by atoms with Crippen molar-refractivity contribution in [3.63, 3.8) is 0 Å². The SMILES string of the molecule is CC1(C)OB(C(F)=CC2CCC2)OC1(C)C. The number of allylic oxidation sites excluding steroid dienone is 1. The number of hydrogen-bond acceptors (Lipinski definition) is 2. The Morgan fingerprint density at radius 2 is 1.69 bits per heavy atom. The average molecular weight is 226 g/mol. The molecule has 0 amide bonds. The van der Waals surface area contributed by atoms with E-state index in [2.05, 4.69) is 0 Å². The van der Waals surface area contributed by atoms with Crippen LogP contribution in [0.25, 0.3) is 0 Å². The van der Waals surface area contributed by atoms with Crippen LogP contribution in [0.3, 0.4) is 0 Å². The minimum absolute atomic E-state index is 0.261. The van der Waals surface area contributed by atoms with Gasteiger partial charge in [-0.05, 0) is 46.5 Å². The third kappa shape index (κ3) is 2.05. The van der Waals surface area contributed by atoms with E-state index in [0.717, 1.165) is 12.8 Å². The number of rotatable bonds is 2. The lowest BCUT2D eigenvalue weighted by molar-refractivity contribution is 0.00578. The fraction of sp³-hybridized carbons (Fsp3) is 0.833. The number of hydrogen-bond donors (Lipinski definition) is 0. The van der Waals surface area contributed by atoms with E-state index in [4.69, 9.17) is 9.31 Å². The lowest BCUT2D eigenvalue weighted by Crippen LogP contribution is -2.41. The molecule has 2 rings (SSSR count). The average Bonchev–Trinajstić information content (AvgIpc) is 2.29. The standard InChI is InChI=1S/C12H20BFO2/c1-11(2)12(3,4)16-13(15-11)10(14)8-9-6-5-7-9/h8-9H,5-7H2,1-4H3. The summed E-state index contributed by atoms with van der Waals surface area (Å²) in [6.45, 7) is 7.74. The highest BCUT2D eigenvalue weighted by Crippen LogP contribution is 2.39. The molecule has 1 aliphatic carbocycles. The quantitative estimate of drug-likeness (QED) is 0.672. The highest BCUT2D eigenvalue weighted by atomic mass is 19.1. The second-order valence-corrected chi connectivity index (χ2v) is 5.83. The molecule has 0 radical (unpaired) electrons. The topological polar surface area (TPSA) is 18.5 Å². The Balaban J connectivity index is 2.04. The second kappa shape index (κ2) is 3.85. The molecule has 0 atom stereocenters. The van der Waals surface area contributed by atoms with Crippen LogP contribution in [0.1, 0.15) is 47.0 Å². The molecule has 2 aliphatic rings. The summed E-state index contributed by atoms with van der Waals surface area (Å²) in [6, 6.07) is 0. The van der Waals surface area contributed by atoms with E-state index in [1.807, 2.05) is 27.7 Å². The molecular weight excluding hydrogens is 206 g/mol. The van der Waals surface area contributed by atoms with Crippen LogP contribution in [0.5, 0.6) is 0 Å². The van der Waals surface area contributed by atoms with Gasteiger partial charge in [0.1, 0.15) is 5.73 Å². The van der Waals surface area contributed by atoms with Gasteiger partial charge in [-0.3, -0.25) is 0 Å². The normalized spacial score (nSPS) is 29.3. The van der Waals surface area contributed by atoms with Crippen LogP contribution >= 0.6 is 0 Å². The molecule has 0 spiro atoms. The van der Waals surface area contributed by atoms with Crippen LogP contribution in [-0.2, 0) is 9.31 Å². The van der Waals surface area contributed by atoms with Crippen LogP contribution in [0.4, 0.5) is 4.39 Å². The van der Waals surface area contributed by atoms with Crippen molar-refractivity contribution in [3.8, 4) is 0 Å². The summed E-state index contributed by atoms with van der Waals surface area (Å²) in [5, 5.41) is 0. The van der Waals surface area contributed by atoms with Crippen LogP contribution in [0.15, 0.2) is 11.8 Å². The lowest BCUT2D eigenvalue weighted by atomic mass is 9.79. The maximum Gasteiger partial charge on any atom is 0.524 e. The Bertz CT molecular complexity index is 292. The molecule has 4 heteroatoms.